The molecule has 0 aromatic heterocycles. The molecule has 0 spiro atoms. The number of thiocyanates is 2. The second-order valence-corrected chi connectivity index (χ2v) is 1.10. The average Bonchev–Trinajstić information content (AvgIpc) is 1.92. The van der Waals surface area contributed by atoms with Crippen LogP contribution in [0.1, 0.15) is 0 Å². The van der Waals surface area contributed by atoms with E-state index in [1.807, 2.05) is 0 Å². The quantitative estimate of drug-likeness (QED) is 0.219. The first-order valence-corrected chi connectivity index (χ1v) is 3.34. The number of nitrogens with zero attached hydrogens (tertiary/aromatic N) is 4. The normalized spacial score (nSPS) is 2.31. The molecule has 0 N–H and O–H groups in total. The van der Waals surface area contributed by atoms with Gasteiger partial charge in [-0.05, 0) is 0 Å². The number of hydrogen-bond donors (Lipinski definition) is 0. The van der Waals surface area contributed by atoms with Crippen LogP contribution in [0, 0.1) is 21.3 Å². The Morgan fingerprint density at radius 3 is 0.923 bits per heavy atom. The van der Waals surface area contributed by atoms with Gasteiger partial charge in [-0.1, -0.05) is 35.2 Å². The maximum atomic E-state index is 7.13. The molecule has 0 rings (SSSR count). The van der Waals surface area contributed by atoms with Gasteiger partial charge in [-0.25, -0.2) is 10.5 Å². The fourth-order valence-corrected chi connectivity index (χ4v) is 0. The summed E-state index contributed by atoms with van der Waals surface area (Å²) in [4.78, 5) is 0. The van der Waals surface area contributed by atoms with Crippen LogP contribution in [0.4, 0.5) is 0 Å². The van der Waals surface area contributed by atoms with Crippen LogP contribution in [0.2, 0.25) is 0 Å². The molecule has 0 aliphatic heterocycles. The summed E-state index contributed by atoms with van der Waals surface area (Å²) in [5, 5.41) is 33.9. The van der Waals surface area contributed by atoms with Crippen molar-refractivity contribution in [3.8, 4) is 10.8 Å². The van der Waals surface area contributed by atoms with Crippen molar-refractivity contribution in [3.63, 3.8) is 0 Å². The molecule has 0 aromatic carbocycles. The monoisotopic (exact) mass is 287 g/mol. The molecular weight excluding hydrogens is 287 g/mol. The molecule has 0 aliphatic carbocycles. The van der Waals surface area contributed by atoms with Crippen LogP contribution in [0.3, 0.4) is 0 Å². The third-order valence-corrected chi connectivity index (χ3v) is 0. The summed E-state index contributed by atoms with van der Waals surface area (Å²) in [5.41, 5.74) is 0. The van der Waals surface area contributed by atoms with E-state index in [9.17, 15) is 0 Å². The third kappa shape index (κ3) is 4950. The maximum absolute atomic E-state index is 7.13. The maximum Gasteiger partial charge on any atom is 2.00 e. The summed E-state index contributed by atoms with van der Waals surface area (Å²) in [7, 11) is 0. The van der Waals surface area contributed by atoms with E-state index in [-0.39, 0.29) is 17.1 Å². The van der Waals surface area contributed by atoms with Gasteiger partial charge in [0.2, 0.25) is 0 Å². The predicted molar refractivity (Wildman–Crippen MR) is 57.9 cm³/mol. The fraction of sp³-hybridized carbons (Fsp3) is 0. The number of nitriles is 2. The van der Waals surface area contributed by atoms with Crippen LogP contribution in [0.5, 0.6) is 0 Å². The molecule has 1 radical (unpaired) electrons. The third-order valence-electron chi connectivity index (χ3n) is 0. The molecule has 69 valence electrons. The summed E-state index contributed by atoms with van der Waals surface area (Å²) >= 11 is 14.8. The van der Waals surface area contributed by atoms with E-state index < -0.39 is 0 Å². The first-order chi connectivity index (χ1) is 5.66. The van der Waals surface area contributed by atoms with Crippen molar-refractivity contribution in [3.05, 3.63) is 10.8 Å². The fourth-order valence-electron chi connectivity index (χ4n) is 0. The zero-order valence-electron chi connectivity index (χ0n) is 5.80. The predicted octanol–water partition coefficient (Wildman–Crippen LogP) is 1.34. The molecule has 9 heteroatoms. The van der Waals surface area contributed by atoms with E-state index in [1.54, 1.807) is 0 Å². The molecule has 0 heterocycles. The summed E-state index contributed by atoms with van der Waals surface area (Å²) in [6.45, 7) is 0. The van der Waals surface area contributed by atoms with Crippen LogP contribution in [-0.4, -0.2) is 10.3 Å². The minimum atomic E-state index is 0. The molecule has 4 nitrogen and oxygen atoms in total. The van der Waals surface area contributed by atoms with Crippen molar-refractivity contribution in [2.75, 3.05) is 0 Å². The molecule has 13 heavy (non-hydrogen) atoms. The molecule has 0 bridgehead atoms. The second kappa shape index (κ2) is 102. The summed E-state index contributed by atoms with van der Waals surface area (Å²) in [6.07, 6.45) is 0. The van der Waals surface area contributed by atoms with Gasteiger partial charge in [0, 0.05) is 0 Å². The average molecular weight is 287 g/mol. The van der Waals surface area contributed by atoms with Gasteiger partial charge in [0.1, 0.15) is 0 Å². The van der Waals surface area contributed by atoms with Gasteiger partial charge < -0.3 is 36.1 Å². The Labute approximate surface area is 109 Å². The Hall–Kier alpha value is -0.461. The molecular formula is C4MnN4S4-2. The smallest absolute Gasteiger partial charge is 0.753 e. The number of rotatable bonds is 0. The van der Waals surface area contributed by atoms with Gasteiger partial charge in [-0.15, -0.1) is 0 Å². The van der Waals surface area contributed by atoms with Crippen molar-refractivity contribution in [2.24, 2.45) is 0 Å². The summed E-state index contributed by atoms with van der Waals surface area (Å²) < 4.78 is 0. The van der Waals surface area contributed by atoms with E-state index in [2.05, 4.69) is 49.7 Å². The van der Waals surface area contributed by atoms with Crippen LogP contribution >= 0.6 is 24.4 Å². The van der Waals surface area contributed by atoms with Gasteiger partial charge >= 0.3 is 17.1 Å². The zero-order valence-corrected chi connectivity index (χ0v) is 10.2. The number of hydrogen-bond acceptors (Lipinski definition) is 6. The molecule has 0 aliphatic rings. The molecule has 0 saturated carbocycles. The zero-order chi connectivity index (χ0) is 10.8. The van der Waals surface area contributed by atoms with Crippen molar-refractivity contribution >= 4 is 60.0 Å². The largest absolute Gasteiger partial charge is 2.00 e. The van der Waals surface area contributed by atoms with Crippen LogP contribution in [-0.2, 0) is 42.3 Å². The molecule has 0 saturated heterocycles. The Kier molecular flexibility index (Phi) is 231. The first kappa shape index (κ1) is 29.4. The minimum absolute atomic E-state index is 0. The second-order valence-electron chi connectivity index (χ2n) is 0.365. The van der Waals surface area contributed by atoms with Crippen molar-refractivity contribution < 1.29 is 17.1 Å². The van der Waals surface area contributed by atoms with Crippen LogP contribution < -0.4 is 0 Å². The van der Waals surface area contributed by atoms with Crippen LogP contribution in [0.25, 0.3) is 10.8 Å². The van der Waals surface area contributed by atoms with Crippen molar-refractivity contribution in [1.82, 2.24) is 0 Å². The molecule has 0 unspecified atom stereocenters. The molecule has 0 fully saturated rings. The Morgan fingerprint density at radius 2 is 0.923 bits per heavy atom. The SMILES string of the molecule is N#C[S-].N#C[S-].[Mn+2].[N-]=C=S.[N-]=C=S. The van der Waals surface area contributed by atoms with Gasteiger partial charge in [0.15, 0.2) is 0 Å². The van der Waals surface area contributed by atoms with Gasteiger partial charge in [0.25, 0.3) is 0 Å². The van der Waals surface area contributed by atoms with E-state index in [1.165, 1.54) is 21.1 Å². The van der Waals surface area contributed by atoms with E-state index in [4.69, 9.17) is 21.3 Å². The first-order valence-electron chi connectivity index (χ1n) is 1.71. The van der Waals surface area contributed by atoms with Gasteiger partial charge in [-0.3, -0.25) is 0 Å². The Morgan fingerprint density at radius 1 is 0.923 bits per heavy atom. The summed E-state index contributed by atoms with van der Waals surface area (Å²) in [6, 6.07) is 0. The van der Waals surface area contributed by atoms with E-state index >= 15 is 0 Å². The van der Waals surface area contributed by atoms with Crippen LogP contribution in [0.15, 0.2) is 0 Å². The summed E-state index contributed by atoms with van der Waals surface area (Å²) in [5.74, 6) is 0. The molecule has 0 atom stereocenters. The standard InChI is InChI=1S/2CHNS.2CNS.Mn/c4*2-1-3;/h2*3H;;;/q;;2*-1;+2/p-2. The van der Waals surface area contributed by atoms with E-state index in [0.29, 0.717) is 0 Å². The van der Waals surface area contributed by atoms with E-state index in [0.717, 1.165) is 0 Å². The number of isothiocyanates is 2. The minimum Gasteiger partial charge on any atom is -0.753 e. The van der Waals surface area contributed by atoms with Gasteiger partial charge in [0.05, 0.1) is 0 Å². The van der Waals surface area contributed by atoms with Gasteiger partial charge in [-0.2, -0.15) is 10.3 Å². The number of thiocarbonyl (C=S) groups is 2. The van der Waals surface area contributed by atoms with Crippen molar-refractivity contribution in [2.45, 2.75) is 0 Å². The Balaban J connectivity index is -0.0000000213. The Bertz CT molecular complexity index is 181. The molecule has 0 amide bonds. The molecule has 0 aromatic rings. The van der Waals surface area contributed by atoms with Crippen molar-refractivity contribution in [1.29, 1.82) is 10.5 Å². The topological polar surface area (TPSA) is 92.2 Å².